The van der Waals surface area contributed by atoms with Crippen molar-refractivity contribution >= 4 is 10.9 Å². The monoisotopic (exact) mass is 215 g/mol. The quantitative estimate of drug-likeness (QED) is 0.845. The van der Waals surface area contributed by atoms with Gasteiger partial charge in [0.2, 0.25) is 0 Å². The van der Waals surface area contributed by atoms with Crippen molar-refractivity contribution in [3.63, 3.8) is 0 Å². The molecule has 0 aliphatic heterocycles. The molecular weight excluding hydrogens is 198 g/mol. The SMILES string of the molecule is CNC(Cn1ncc2ccccc21)C1CC1. The average molecular weight is 215 g/mol. The van der Waals surface area contributed by atoms with Gasteiger partial charge in [0.15, 0.2) is 0 Å². The molecular formula is C13H17N3. The Hall–Kier alpha value is -1.35. The Bertz CT molecular complexity index is 485. The Morgan fingerprint density at radius 3 is 3.00 bits per heavy atom. The minimum Gasteiger partial charge on any atom is -0.315 e. The van der Waals surface area contributed by atoms with Crippen LogP contribution in [0.1, 0.15) is 12.8 Å². The number of para-hydroxylation sites is 1. The van der Waals surface area contributed by atoms with E-state index < -0.39 is 0 Å². The summed E-state index contributed by atoms with van der Waals surface area (Å²) in [6.45, 7) is 0.981. The number of hydrogen-bond donors (Lipinski definition) is 1. The summed E-state index contributed by atoms with van der Waals surface area (Å²) in [5.74, 6) is 0.855. The Balaban J connectivity index is 1.87. The zero-order valence-electron chi connectivity index (χ0n) is 9.56. The number of likely N-dealkylation sites (N-methyl/N-ethyl adjacent to an activating group) is 1. The topological polar surface area (TPSA) is 29.9 Å². The lowest BCUT2D eigenvalue weighted by Crippen LogP contribution is -2.32. The van der Waals surface area contributed by atoms with Gasteiger partial charge in [-0.15, -0.1) is 0 Å². The number of rotatable bonds is 4. The first-order valence-electron chi connectivity index (χ1n) is 5.96. The number of nitrogens with zero attached hydrogens (tertiary/aromatic N) is 2. The molecule has 1 atom stereocenters. The number of benzene rings is 1. The van der Waals surface area contributed by atoms with Gasteiger partial charge in [0.1, 0.15) is 0 Å². The van der Waals surface area contributed by atoms with Gasteiger partial charge >= 0.3 is 0 Å². The molecule has 1 heterocycles. The second-order valence-electron chi connectivity index (χ2n) is 4.62. The van der Waals surface area contributed by atoms with Gasteiger partial charge in [0.25, 0.3) is 0 Å². The first kappa shape index (κ1) is 9.85. The second-order valence-corrected chi connectivity index (χ2v) is 4.62. The smallest absolute Gasteiger partial charge is 0.0683 e. The maximum atomic E-state index is 4.47. The maximum Gasteiger partial charge on any atom is 0.0683 e. The third-order valence-corrected chi connectivity index (χ3v) is 3.48. The molecule has 0 saturated heterocycles. The standard InChI is InChI=1S/C13H17N3/c1-14-12(10-6-7-10)9-16-13-5-3-2-4-11(13)8-15-16/h2-5,8,10,12,14H,6-7,9H2,1H3. The Labute approximate surface area is 95.5 Å². The largest absolute Gasteiger partial charge is 0.315 e. The fraction of sp³-hybridized carbons (Fsp3) is 0.462. The van der Waals surface area contributed by atoms with E-state index >= 15 is 0 Å². The number of fused-ring (bicyclic) bond motifs is 1. The highest BCUT2D eigenvalue weighted by Gasteiger charge is 2.30. The fourth-order valence-electron chi connectivity index (χ4n) is 2.33. The molecule has 0 amide bonds. The van der Waals surface area contributed by atoms with E-state index in [0.717, 1.165) is 12.5 Å². The van der Waals surface area contributed by atoms with Gasteiger partial charge in [-0.25, -0.2) is 0 Å². The maximum absolute atomic E-state index is 4.47. The predicted octanol–water partition coefficient (Wildman–Crippen LogP) is 2.03. The molecule has 2 aromatic rings. The third-order valence-electron chi connectivity index (χ3n) is 3.48. The van der Waals surface area contributed by atoms with Crippen LogP contribution in [0.4, 0.5) is 0 Å². The summed E-state index contributed by atoms with van der Waals surface area (Å²) < 4.78 is 2.12. The lowest BCUT2D eigenvalue weighted by molar-refractivity contribution is 0.421. The van der Waals surface area contributed by atoms with Crippen molar-refractivity contribution in [3.05, 3.63) is 30.5 Å². The highest BCUT2D eigenvalue weighted by Crippen LogP contribution is 2.33. The zero-order valence-corrected chi connectivity index (χ0v) is 9.56. The van der Waals surface area contributed by atoms with Crippen molar-refractivity contribution < 1.29 is 0 Å². The van der Waals surface area contributed by atoms with Crippen molar-refractivity contribution in [1.82, 2.24) is 15.1 Å². The van der Waals surface area contributed by atoms with Gasteiger partial charge in [-0.3, -0.25) is 4.68 Å². The van der Waals surface area contributed by atoms with Crippen LogP contribution in [0, 0.1) is 5.92 Å². The summed E-state index contributed by atoms with van der Waals surface area (Å²) in [4.78, 5) is 0. The van der Waals surface area contributed by atoms with Crippen LogP contribution in [0.5, 0.6) is 0 Å². The van der Waals surface area contributed by atoms with Crippen LogP contribution < -0.4 is 5.32 Å². The Morgan fingerprint density at radius 2 is 2.25 bits per heavy atom. The van der Waals surface area contributed by atoms with E-state index in [0.29, 0.717) is 6.04 Å². The predicted molar refractivity (Wildman–Crippen MR) is 65.3 cm³/mol. The minimum atomic E-state index is 0.573. The van der Waals surface area contributed by atoms with Gasteiger partial charge in [0, 0.05) is 11.4 Å². The molecule has 1 N–H and O–H groups in total. The van der Waals surface area contributed by atoms with Gasteiger partial charge in [-0.2, -0.15) is 5.10 Å². The lowest BCUT2D eigenvalue weighted by atomic mass is 10.2. The molecule has 1 aromatic carbocycles. The van der Waals surface area contributed by atoms with Crippen LogP contribution in [0.3, 0.4) is 0 Å². The van der Waals surface area contributed by atoms with E-state index in [-0.39, 0.29) is 0 Å². The van der Waals surface area contributed by atoms with Crippen molar-refractivity contribution in [2.75, 3.05) is 7.05 Å². The average Bonchev–Trinajstić information content (AvgIpc) is 3.08. The molecule has 1 aliphatic carbocycles. The van der Waals surface area contributed by atoms with Crippen LogP contribution in [-0.2, 0) is 6.54 Å². The van der Waals surface area contributed by atoms with Crippen molar-refractivity contribution in [1.29, 1.82) is 0 Å². The van der Waals surface area contributed by atoms with Crippen molar-refractivity contribution in [3.8, 4) is 0 Å². The van der Waals surface area contributed by atoms with E-state index in [4.69, 9.17) is 0 Å². The van der Waals surface area contributed by atoms with Crippen LogP contribution in [0.15, 0.2) is 30.5 Å². The number of hydrogen-bond acceptors (Lipinski definition) is 2. The van der Waals surface area contributed by atoms with Gasteiger partial charge in [-0.1, -0.05) is 18.2 Å². The first-order chi connectivity index (χ1) is 7.88. The van der Waals surface area contributed by atoms with Crippen LogP contribution >= 0.6 is 0 Å². The number of aromatic nitrogens is 2. The summed E-state index contributed by atoms with van der Waals surface area (Å²) >= 11 is 0. The van der Waals surface area contributed by atoms with Gasteiger partial charge < -0.3 is 5.32 Å². The Kier molecular flexibility index (Phi) is 2.40. The van der Waals surface area contributed by atoms with E-state index in [1.807, 2.05) is 6.20 Å². The lowest BCUT2D eigenvalue weighted by Gasteiger charge is -2.15. The molecule has 3 heteroatoms. The molecule has 0 bridgehead atoms. The van der Waals surface area contributed by atoms with E-state index in [2.05, 4.69) is 46.4 Å². The normalized spacial score (nSPS) is 17.8. The molecule has 3 nitrogen and oxygen atoms in total. The highest BCUT2D eigenvalue weighted by molar-refractivity contribution is 5.78. The molecule has 1 saturated carbocycles. The second kappa shape index (κ2) is 3.91. The van der Waals surface area contributed by atoms with Crippen LogP contribution in [0.2, 0.25) is 0 Å². The molecule has 16 heavy (non-hydrogen) atoms. The summed E-state index contributed by atoms with van der Waals surface area (Å²) in [5, 5.41) is 9.11. The third kappa shape index (κ3) is 1.71. The fourth-order valence-corrected chi connectivity index (χ4v) is 2.33. The minimum absolute atomic E-state index is 0.573. The first-order valence-corrected chi connectivity index (χ1v) is 5.96. The molecule has 1 aromatic heterocycles. The Morgan fingerprint density at radius 1 is 1.44 bits per heavy atom. The molecule has 3 rings (SSSR count). The molecule has 0 spiro atoms. The zero-order chi connectivity index (χ0) is 11.0. The molecule has 1 unspecified atom stereocenters. The summed E-state index contributed by atoms with van der Waals surface area (Å²) in [7, 11) is 2.05. The summed E-state index contributed by atoms with van der Waals surface area (Å²) in [6.07, 6.45) is 4.68. The van der Waals surface area contributed by atoms with Crippen LogP contribution in [-0.4, -0.2) is 22.9 Å². The summed E-state index contributed by atoms with van der Waals surface area (Å²) in [6, 6.07) is 8.96. The molecule has 1 fully saturated rings. The van der Waals surface area contributed by atoms with Gasteiger partial charge in [-0.05, 0) is 31.9 Å². The number of nitrogens with one attached hydrogen (secondary N) is 1. The molecule has 0 radical (unpaired) electrons. The van der Waals surface area contributed by atoms with E-state index in [9.17, 15) is 0 Å². The highest BCUT2D eigenvalue weighted by atomic mass is 15.3. The van der Waals surface area contributed by atoms with Crippen molar-refractivity contribution in [2.45, 2.75) is 25.4 Å². The van der Waals surface area contributed by atoms with E-state index in [1.54, 1.807) is 0 Å². The van der Waals surface area contributed by atoms with E-state index in [1.165, 1.54) is 23.7 Å². The summed E-state index contributed by atoms with van der Waals surface area (Å²) in [5.41, 5.74) is 1.24. The molecule has 1 aliphatic rings. The van der Waals surface area contributed by atoms with Crippen LogP contribution in [0.25, 0.3) is 10.9 Å². The molecule has 84 valence electrons. The van der Waals surface area contributed by atoms with Gasteiger partial charge in [0.05, 0.1) is 18.3 Å². The van der Waals surface area contributed by atoms with Crippen molar-refractivity contribution in [2.24, 2.45) is 5.92 Å².